The first-order valence-electron chi connectivity index (χ1n) is 9.24. The summed E-state index contributed by atoms with van der Waals surface area (Å²) in [6.07, 6.45) is 7.88. The van der Waals surface area contributed by atoms with Crippen LogP contribution in [0, 0.1) is 17.7 Å². The topological polar surface area (TPSA) is 47.0 Å². The van der Waals surface area contributed by atoms with E-state index in [1.807, 2.05) is 6.07 Å². The largest absolute Gasteiger partial charge is 0.264 e. The van der Waals surface area contributed by atoms with E-state index in [0.717, 1.165) is 31.2 Å². The van der Waals surface area contributed by atoms with Gasteiger partial charge in [0.15, 0.2) is 9.84 Å². The molecule has 0 spiro atoms. The van der Waals surface area contributed by atoms with Crippen molar-refractivity contribution >= 4 is 9.84 Å². The second kappa shape index (κ2) is 9.66. The molecule has 0 bridgehead atoms. The third-order valence-corrected chi connectivity index (χ3v) is 7.05. The lowest BCUT2D eigenvalue weighted by atomic mass is 9.98. The standard InChI is InChI=1S/C22H26FNO2S/c1-3-4-5-6-7-8-15-22(2,17-19-10-9-16-24-18-19)27(25,26)21-13-11-20(23)12-14-21/h9-14,16,18H,3-6,15,17H2,1-2H3. The Labute approximate surface area is 162 Å². The monoisotopic (exact) mass is 387 g/mol. The van der Waals surface area contributed by atoms with Crippen molar-refractivity contribution in [1.82, 2.24) is 4.98 Å². The molecule has 3 nitrogen and oxygen atoms in total. The molecule has 1 aromatic carbocycles. The molecule has 0 radical (unpaired) electrons. The maximum atomic E-state index is 13.3. The van der Waals surface area contributed by atoms with E-state index in [-0.39, 0.29) is 11.3 Å². The number of rotatable bonds is 8. The average Bonchev–Trinajstić information content (AvgIpc) is 2.65. The quantitative estimate of drug-likeness (QED) is 0.365. The van der Waals surface area contributed by atoms with Crippen molar-refractivity contribution in [3.05, 3.63) is 60.2 Å². The Bertz CT molecular complexity index is 883. The summed E-state index contributed by atoms with van der Waals surface area (Å²) in [5.41, 5.74) is 0.832. The van der Waals surface area contributed by atoms with Gasteiger partial charge >= 0.3 is 0 Å². The molecule has 5 heteroatoms. The number of pyridine rings is 1. The van der Waals surface area contributed by atoms with Gasteiger partial charge in [0, 0.05) is 25.2 Å². The Balaban J connectivity index is 2.31. The van der Waals surface area contributed by atoms with Gasteiger partial charge in [0.05, 0.1) is 9.64 Å². The highest BCUT2D eigenvalue weighted by atomic mass is 32.2. The Morgan fingerprint density at radius 1 is 1.11 bits per heavy atom. The van der Waals surface area contributed by atoms with E-state index in [1.165, 1.54) is 24.3 Å². The summed E-state index contributed by atoms with van der Waals surface area (Å²) in [6, 6.07) is 8.64. The minimum absolute atomic E-state index is 0.114. The van der Waals surface area contributed by atoms with Gasteiger partial charge in [-0.2, -0.15) is 0 Å². The molecule has 27 heavy (non-hydrogen) atoms. The molecule has 2 aromatic rings. The van der Waals surface area contributed by atoms with Gasteiger partial charge in [-0.1, -0.05) is 25.8 Å². The first-order valence-corrected chi connectivity index (χ1v) is 10.7. The number of hydrogen-bond acceptors (Lipinski definition) is 3. The van der Waals surface area contributed by atoms with Gasteiger partial charge in [0.25, 0.3) is 0 Å². The fraction of sp³-hybridized carbons (Fsp3) is 0.409. The van der Waals surface area contributed by atoms with Crippen LogP contribution in [0.3, 0.4) is 0 Å². The molecular weight excluding hydrogens is 361 g/mol. The van der Waals surface area contributed by atoms with Crippen LogP contribution in [0.5, 0.6) is 0 Å². The average molecular weight is 388 g/mol. The summed E-state index contributed by atoms with van der Waals surface area (Å²) in [5.74, 6) is 5.71. The lowest BCUT2D eigenvalue weighted by Crippen LogP contribution is -2.37. The molecule has 0 aliphatic heterocycles. The summed E-state index contributed by atoms with van der Waals surface area (Å²) in [7, 11) is -3.71. The van der Waals surface area contributed by atoms with E-state index in [1.54, 1.807) is 25.4 Å². The van der Waals surface area contributed by atoms with Crippen molar-refractivity contribution < 1.29 is 12.8 Å². The smallest absolute Gasteiger partial charge is 0.185 e. The van der Waals surface area contributed by atoms with Crippen molar-refractivity contribution in [1.29, 1.82) is 0 Å². The molecule has 0 fully saturated rings. The van der Waals surface area contributed by atoms with Crippen LogP contribution in [0.15, 0.2) is 53.7 Å². The molecule has 0 saturated heterocycles. The van der Waals surface area contributed by atoms with Gasteiger partial charge in [-0.25, -0.2) is 12.8 Å². The Morgan fingerprint density at radius 3 is 2.48 bits per heavy atom. The summed E-state index contributed by atoms with van der Waals surface area (Å²) in [4.78, 5) is 4.20. The lowest BCUT2D eigenvalue weighted by molar-refractivity contribution is 0.528. The molecular formula is C22H26FNO2S. The molecule has 1 aromatic heterocycles. The van der Waals surface area contributed by atoms with Crippen LogP contribution in [0.1, 0.15) is 51.5 Å². The SMILES string of the molecule is CCCCCC#CCC(C)(Cc1cccnc1)S(=O)(=O)c1ccc(F)cc1. The zero-order valence-corrected chi connectivity index (χ0v) is 16.7. The Kier molecular flexibility index (Phi) is 7.55. The maximum absolute atomic E-state index is 13.3. The minimum Gasteiger partial charge on any atom is -0.264 e. The van der Waals surface area contributed by atoms with E-state index >= 15 is 0 Å². The summed E-state index contributed by atoms with van der Waals surface area (Å²) >= 11 is 0. The van der Waals surface area contributed by atoms with Crippen LogP contribution < -0.4 is 0 Å². The fourth-order valence-electron chi connectivity index (χ4n) is 2.89. The van der Waals surface area contributed by atoms with Crippen molar-refractivity contribution in [3.63, 3.8) is 0 Å². The Hall–Kier alpha value is -2.19. The predicted octanol–water partition coefficient (Wildman–Crippen LogP) is 4.97. The highest BCUT2D eigenvalue weighted by Gasteiger charge is 2.40. The van der Waals surface area contributed by atoms with Crippen molar-refractivity contribution in [2.45, 2.75) is 62.0 Å². The van der Waals surface area contributed by atoms with Crippen LogP contribution in [0.4, 0.5) is 4.39 Å². The van der Waals surface area contributed by atoms with Gasteiger partial charge in [-0.05, 0) is 55.7 Å². The van der Waals surface area contributed by atoms with Crippen molar-refractivity contribution in [2.24, 2.45) is 0 Å². The zero-order chi connectivity index (χ0) is 19.8. The molecule has 0 aliphatic rings. The number of nitrogens with zero attached hydrogens (tertiary/aromatic N) is 1. The number of aromatic nitrogens is 1. The first-order chi connectivity index (χ1) is 12.9. The number of unbranched alkanes of at least 4 members (excludes halogenated alkanes) is 3. The Morgan fingerprint density at radius 2 is 1.85 bits per heavy atom. The molecule has 1 heterocycles. The van der Waals surface area contributed by atoms with Crippen LogP contribution in [0.2, 0.25) is 0 Å². The van der Waals surface area contributed by atoms with E-state index in [9.17, 15) is 12.8 Å². The van der Waals surface area contributed by atoms with Gasteiger partial charge in [-0.15, -0.1) is 11.8 Å². The zero-order valence-electron chi connectivity index (χ0n) is 15.9. The van der Waals surface area contributed by atoms with Crippen LogP contribution in [-0.4, -0.2) is 18.1 Å². The third-order valence-electron chi connectivity index (χ3n) is 4.57. The third kappa shape index (κ3) is 5.64. The number of benzene rings is 1. The van der Waals surface area contributed by atoms with E-state index in [2.05, 4.69) is 23.7 Å². The van der Waals surface area contributed by atoms with E-state index in [0.29, 0.717) is 6.42 Å². The lowest BCUT2D eigenvalue weighted by Gasteiger charge is -2.27. The summed E-state index contributed by atoms with van der Waals surface area (Å²) in [6.45, 7) is 3.84. The van der Waals surface area contributed by atoms with Gasteiger partial charge in [0.2, 0.25) is 0 Å². The van der Waals surface area contributed by atoms with E-state index < -0.39 is 20.4 Å². The van der Waals surface area contributed by atoms with E-state index in [4.69, 9.17) is 0 Å². The highest BCUT2D eigenvalue weighted by molar-refractivity contribution is 7.92. The summed E-state index contributed by atoms with van der Waals surface area (Å²) in [5, 5.41) is 0. The van der Waals surface area contributed by atoms with Crippen molar-refractivity contribution in [3.8, 4) is 11.8 Å². The minimum atomic E-state index is -3.71. The van der Waals surface area contributed by atoms with Crippen LogP contribution in [0.25, 0.3) is 0 Å². The van der Waals surface area contributed by atoms with Gasteiger partial charge in [0.1, 0.15) is 5.82 Å². The predicted molar refractivity (Wildman–Crippen MR) is 106 cm³/mol. The molecule has 0 aliphatic carbocycles. The summed E-state index contributed by atoms with van der Waals surface area (Å²) < 4.78 is 38.8. The number of hydrogen-bond donors (Lipinski definition) is 0. The first kappa shape index (κ1) is 21.1. The highest BCUT2D eigenvalue weighted by Crippen LogP contribution is 2.32. The number of sulfone groups is 1. The van der Waals surface area contributed by atoms with Crippen LogP contribution in [-0.2, 0) is 16.3 Å². The van der Waals surface area contributed by atoms with Crippen LogP contribution >= 0.6 is 0 Å². The fourth-order valence-corrected chi connectivity index (χ4v) is 4.57. The molecule has 0 amide bonds. The molecule has 2 rings (SSSR count). The van der Waals surface area contributed by atoms with Gasteiger partial charge in [-0.3, -0.25) is 4.98 Å². The van der Waals surface area contributed by atoms with Crippen molar-refractivity contribution in [2.75, 3.05) is 0 Å². The normalized spacial score (nSPS) is 13.4. The maximum Gasteiger partial charge on any atom is 0.185 e. The molecule has 144 valence electrons. The molecule has 1 unspecified atom stereocenters. The second-order valence-corrected chi connectivity index (χ2v) is 9.40. The molecule has 1 atom stereocenters. The molecule has 0 saturated carbocycles. The second-order valence-electron chi connectivity index (χ2n) is 6.93. The number of halogens is 1. The molecule has 0 N–H and O–H groups in total. The van der Waals surface area contributed by atoms with Gasteiger partial charge < -0.3 is 0 Å².